The SMILES string of the molecule is CN=C(NCCNC(=O)c1scnc1C)NC(C)c1cccc(N2CCCC2)c1. The van der Waals surface area contributed by atoms with E-state index >= 15 is 0 Å². The zero-order valence-corrected chi connectivity index (χ0v) is 18.2. The quantitative estimate of drug-likeness (QED) is 0.369. The van der Waals surface area contributed by atoms with E-state index in [9.17, 15) is 4.79 Å². The Morgan fingerprint density at radius 1 is 1.28 bits per heavy atom. The Morgan fingerprint density at radius 2 is 2.03 bits per heavy atom. The van der Waals surface area contributed by atoms with E-state index < -0.39 is 0 Å². The van der Waals surface area contributed by atoms with Crippen molar-refractivity contribution in [3.8, 4) is 0 Å². The van der Waals surface area contributed by atoms with Gasteiger partial charge in [-0.15, -0.1) is 11.3 Å². The van der Waals surface area contributed by atoms with Gasteiger partial charge in [0.15, 0.2) is 5.96 Å². The standard InChI is InChI=1S/C21H30N6OS/c1-15(17-7-6-8-18(13-17)27-11-4-5-12-27)26-21(22-3)24-10-9-23-20(28)19-16(2)25-14-29-19/h6-8,13-15H,4-5,9-12H2,1-3H3,(H,23,28)(H2,22,24,26). The van der Waals surface area contributed by atoms with Crippen molar-refractivity contribution in [2.75, 3.05) is 38.1 Å². The molecule has 2 aromatic rings. The highest BCUT2D eigenvalue weighted by Gasteiger charge is 2.15. The summed E-state index contributed by atoms with van der Waals surface area (Å²) in [5.41, 5.74) is 4.97. The number of carbonyl (C=O) groups excluding carboxylic acids is 1. The van der Waals surface area contributed by atoms with E-state index in [1.54, 1.807) is 12.6 Å². The average Bonchev–Trinajstić information content (AvgIpc) is 3.42. The molecule has 1 atom stereocenters. The van der Waals surface area contributed by atoms with Gasteiger partial charge in [0.25, 0.3) is 5.91 Å². The molecule has 1 aliphatic heterocycles. The molecular formula is C21H30N6OS. The molecule has 156 valence electrons. The Balaban J connectivity index is 1.46. The maximum atomic E-state index is 12.1. The smallest absolute Gasteiger partial charge is 0.263 e. The van der Waals surface area contributed by atoms with Gasteiger partial charge in [0, 0.05) is 38.9 Å². The van der Waals surface area contributed by atoms with Crippen LogP contribution in [0, 0.1) is 6.92 Å². The first-order chi connectivity index (χ1) is 14.1. The van der Waals surface area contributed by atoms with Gasteiger partial charge in [0.2, 0.25) is 0 Å². The second-order valence-electron chi connectivity index (χ2n) is 7.18. The first-order valence-corrected chi connectivity index (χ1v) is 11.0. The van der Waals surface area contributed by atoms with Crippen LogP contribution >= 0.6 is 11.3 Å². The summed E-state index contributed by atoms with van der Waals surface area (Å²) < 4.78 is 0. The number of aliphatic imine (C=N–C) groups is 1. The molecule has 0 saturated carbocycles. The number of nitrogens with one attached hydrogen (secondary N) is 3. The van der Waals surface area contributed by atoms with Crippen LogP contribution in [0.5, 0.6) is 0 Å². The Morgan fingerprint density at radius 3 is 2.72 bits per heavy atom. The summed E-state index contributed by atoms with van der Waals surface area (Å²) in [6, 6.07) is 8.82. The van der Waals surface area contributed by atoms with E-state index in [-0.39, 0.29) is 11.9 Å². The normalized spacial score (nSPS) is 15.3. The third kappa shape index (κ3) is 5.69. The molecule has 1 fully saturated rings. The minimum Gasteiger partial charge on any atom is -0.372 e. The molecule has 0 bridgehead atoms. The van der Waals surface area contributed by atoms with Crippen LogP contribution in [-0.2, 0) is 0 Å². The van der Waals surface area contributed by atoms with Crippen LogP contribution in [0.4, 0.5) is 5.69 Å². The van der Waals surface area contributed by atoms with Crippen molar-refractivity contribution in [2.24, 2.45) is 4.99 Å². The molecule has 1 aliphatic rings. The first kappa shape index (κ1) is 21.1. The van der Waals surface area contributed by atoms with E-state index in [0.717, 1.165) is 18.8 Å². The van der Waals surface area contributed by atoms with E-state index in [1.807, 2.05) is 6.92 Å². The van der Waals surface area contributed by atoms with Gasteiger partial charge in [-0.3, -0.25) is 9.79 Å². The summed E-state index contributed by atoms with van der Waals surface area (Å²) in [6.45, 7) is 7.35. The molecular weight excluding hydrogens is 384 g/mol. The third-order valence-electron chi connectivity index (χ3n) is 5.07. The van der Waals surface area contributed by atoms with Crippen LogP contribution in [-0.4, -0.2) is 50.1 Å². The number of aromatic nitrogens is 1. The van der Waals surface area contributed by atoms with Crippen molar-refractivity contribution in [1.82, 2.24) is 20.9 Å². The molecule has 1 saturated heterocycles. The summed E-state index contributed by atoms with van der Waals surface area (Å²) in [6.07, 6.45) is 2.54. The van der Waals surface area contributed by atoms with Crippen LogP contribution < -0.4 is 20.9 Å². The van der Waals surface area contributed by atoms with Gasteiger partial charge < -0.3 is 20.9 Å². The maximum Gasteiger partial charge on any atom is 0.263 e. The summed E-state index contributed by atoms with van der Waals surface area (Å²) in [7, 11) is 1.75. The van der Waals surface area contributed by atoms with Crippen LogP contribution in [0.15, 0.2) is 34.8 Å². The molecule has 0 aliphatic carbocycles. The predicted octanol–water partition coefficient (Wildman–Crippen LogP) is 2.71. The minimum absolute atomic E-state index is 0.0816. The Hall–Kier alpha value is -2.61. The van der Waals surface area contributed by atoms with E-state index in [4.69, 9.17) is 0 Å². The largest absolute Gasteiger partial charge is 0.372 e. The maximum absolute atomic E-state index is 12.1. The number of carbonyl (C=O) groups is 1. The summed E-state index contributed by atoms with van der Waals surface area (Å²) in [5.74, 6) is 0.633. The lowest BCUT2D eigenvalue weighted by Gasteiger charge is -2.22. The van der Waals surface area contributed by atoms with Crippen molar-refractivity contribution in [1.29, 1.82) is 0 Å². The Labute approximate surface area is 176 Å². The third-order valence-corrected chi connectivity index (χ3v) is 6.00. The van der Waals surface area contributed by atoms with Crippen molar-refractivity contribution in [3.05, 3.63) is 45.9 Å². The second-order valence-corrected chi connectivity index (χ2v) is 8.03. The molecule has 29 heavy (non-hydrogen) atoms. The van der Waals surface area contributed by atoms with Crippen LogP contribution in [0.2, 0.25) is 0 Å². The average molecular weight is 415 g/mol. The Bertz CT molecular complexity index is 843. The number of guanidine groups is 1. The number of hydrogen-bond donors (Lipinski definition) is 3. The highest BCUT2D eigenvalue weighted by atomic mass is 32.1. The number of anilines is 1. The summed E-state index contributed by atoms with van der Waals surface area (Å²) in [5, 5.41) is 9.59. The predicted molar refractivity (Wildman–Crippen MR) is 120 cm³/mol. The fourth-order valence-corrected chi connectivity index (χ4v) is 4.12. The number of hydrogen-bond acceptors (Lipinski definition) is 5. The van der Waals surface area contributed by atoms with Gasteiger partial charge >= 0.3 is 0 Å². The molecule has 7 nitrogen and oxygen atoms in total. The highest BCUT2D eigenvalue weighted by molar-refractivity contribution is 7.11. The molecule has 1 aromatic carbocycles. The molecule has 3 N–H and O–H groups in total. The number of aryl methyl sites for hydroxylation is 1. The molecule has 1 unspecified atom stereocenters. The van der Waals surface area contributed by atoms with Gasteiger partial charge in [-0.2, -0.15) is 0 Å². The van der Waals surface area contributed by atoms with Crippen molar-refractivity contribution < 1.29 is 4.79 Å². The van der Waals surface area contributed by atoms with Gasteiger partial charge in [0.1, 0.15) is 4.88 Å². The lowest BCUT2D eigenvalue weighted by atomic mass is 10.1. The summed E-state index contributed by atoms with van der Waals surface area (Å²) >= 11 is 1.36. The van der Waals surface area contributed by atoms with Gasteiger partial charge in [-0.05, 0) is 44.4 Å². The number of amides is 1. The highest BCUT2D eigenvalue weighted by Crippen LogP contribution is 2.23. The molecule has 8 heteroatoms. The van der Waals surface area contributed by atoms with E-state index in [0.29, 0.717) is 23.9 Å². The number of rotatable bonds is 7. The van der Waals surface area contributed by atoms with Crippen molar-refractivity contribution in [3.63, 3.8) is 0 Å². The fourth-order valence-electron chi connectivity index (χ4n) is 3.41. The topological polar surface area (TPSA) is 81.6 Å². The van der Waals surface area contributed by atoms with Crippen LogP contribution in [0.1, 0.15) is 46.7 Å². The molecule has 2 heterocycles. The monoisotopic (exact) mass is 414 g/mol. The molecule has 3 rings (SSSR count). The van der Waals surface area contributed by atoms with E-state index in [1.165, 1.54) is 35.4 Å². The van der Waals surface area contributed by atoms with Crippen LogP contribution in [0.25, 0.3) is 0 Å². The lowest BCUT2D eigenvalue weighted by molar-refractivity contribution is 0.0957. The van der Waals surface area contributed by atoms with Crippen molar-refractivity contribution in [2.45, 2.75) is 32.7 Å². The lowest BCUT2D eigenvalue weighted by Crippen LogP contribution is -2.42. The number of thiazole rings is 1. The number of nitrogens with zero attached hydrogens (tertiary/aromatic N) is 3. The first-order valence-electron chi connectivity index (χ1n) is 10.1. The number of benzene rings is 1. The minimum atomic E-state index is -0.0816. The zero-order chi connectivity index (χ0) is 20.6. The van der Waals surface area contributed by atoms with Crippen molar-refractivity contribution >= 4 is 28.9 Å². The molecule has 1 aromatic heterocycles. The van der Waals surface area contributed by atoms with Gasteiger partial charge in [-0.25, -0.2) is 4.98 Å². The zero-order valence-electron chi connectivity index (χ0n) is 17.4. The molecule has 1 amide bonds. The van der Waals surface area contributed by atoms with Gasteiger partial charge in [0.05, 0.1) is 17.2 Å². The van der Waals surface area contributed by atoms with E-state index in [2.05, 4.69) is 62.0 Å². The molecule has 0 radical (unpaired) electrons. The summed E-state index contributed by atoms with van der Waals surface area (Å²) in [4.78, 5) is 23.6. The van der Waals surface area contributed by atoms with Gasteiger partial charge in [-0.1, -0.05) is 12.1 Å². The van der Waals surface area contributed by atoms with Crippen LogP contribution in [0.3, 0.4) is 0 Å². The fraction of sp³-hybridized carbons (Fsp3) is 0.476. The second kappa shape index (κ2) is 10.2. The molecule has 0 spiro atoms. The Kier molecular flexibility index (Phi) is 7.46.